The van der Waals surface area contributed by atoms with Gasteiger partial charge < -0.3 is 10.2 Å². The van der Waals surface area contributed by atoms with Crippen LogP contribution in [-0.2, 0) is 11.2 Å². The molecule has 3 nitrogen and oxygen atoms in total. The van der Waals surface area contributed by atoms with E-state index >= 15 is 0 Å². The third-order valence-electron chi connectivity index (χ3n) is 4.31. The molecule has 0 bridgehead atoms. The van der Waals surface area contributed by atoms with Gasteiger partial charge in [0.15, 0.2) is 0 Å². The van der Waals surface area contributed by atoms with Crippen LogP contribution in [0.1, 0.15) is 18.4 Å². The molecule has 1 unspecified atom stereocenters. The lowest BCUT2D eigenvalue weighted by Gasteiger charge is -2.18. The van der Waals surface area contributed by atoms with Crippen LogP contribution in [0.4, 0.5) is 5.69 Å². The van der Waals surface area contributed by atoms with E-state index in [2.05, 4.69) is 5.32 Å². The molecule has 0 aliphatic carbocycles. The van der Waals surface area contributed by atoms with Crippen LogP contribution in [0.3, 0.4) is 0 Å². The SMILES string of the molecule is O=C(CCc1ccc(Cl)cc1Cl)N1CCC(Nc2ccccc2)C1. The van der Waals surface area contributed by atoms with Crippen molar-refractivity contribution >= 4 is 34.8 Å². The summed E-state index contributed by atoms with van der Waals surface area (Å²) in [5.41, 5.74) is 2.07. The van der Waals surface area contributed by atoms with Gasteiger partial charge >= 0.3 is 0 Å². The van der Waals surface area contributed by atoms with Crippen LogP contribution in [0.5, 0.6) is 0 Å². The Kier molecular flexibility index (Phi) is 5.64. The van der Waals surface area contributed by atoms with Crippen molar-refractivity contribution in [2.75, 3.05) is 18.4 Å². The number of carbonyl (C=O) groups excluding carboxylic acids is 1. The van der Waals surface area contributed by atoms with Gasteiger partial charge in [-0.25, -0.2) is 0 Å². The Morgan fingerprint density at radius 3 is 2.71 bits per heavy atom. The summed E-state index contributed by atoms with van der Waals surface area (Å²) in [6, 6.07) is 15.8. The molecule has 1 N–H and O–H groups in total. The molecule has 1 heterocycles. The third-order valence-corrected chi connectivity index (χ3v) is 4.90. The van der Waals surface area contributed by atoms with E-state index in [0.717, 1.165) is 30.8 Å². The molecular weight excluding hydrogens is 343 g/mol. The molecular formula is C19H20Cl2N2O. The molecule has 0 radical (unpaired) electrons. The largest absolute Gasteiger partial charge is 0.380 e. The summed E-state index contributed by atoms with van der Waals surface area (Å²) in [7, 11) is 0. The minimum Gasteiger partial charge on any atom is -0.380 e. The van der Waals surface area contributed by atoms with Crippen molar-refractivity contribution in [3.05, 3.63) is 64.1 Å². The van der Waals surface area contributed by atoms with E-state index < -0.39 is 0 Å². The van der Waals surface area contributed by atoms with Crippen molar-refractivity contribution in [3.63, 3.8) is 0 Å². The van der Waals surface area contributed by atoms with Gasteiger partial charge in [-0.2, -0.15) is 0 Å². The second-order valence-corrected chi connectivity index (χ2v) is 6.92. The average molecular weight is 363 g/mol. The van der Waals surface area contributed by atoms with Gasteiger partial charge in [0.1, 0.15) is 0 Å². The first kappa shape index (κ1) is 17.1. The smallest absolute Gasteiger partial charge is 0.222 e. The zero-order valence-corrected chi connectivity index (χ0v) is 14.9. The number of rotatable bonds is 5. The number of amides is 1. The van der Waals surface area contributed by atoms with Crippen molar-refractivity contribution in [3.8, 4) is 0 Å². The average Bonchev–Trinajstić information content (AvgIpc) is 3.03. The standard InChI is InChI=1S/C19H20Cl2N2O/c20-15-8-6-14(18(21)12-15)7-9-19(24)23-11-10-17(13-23)22-16-4-2-1-3-5-16/h1-6,8,12,17,22H,7,9-11,13H2. The maximum atomic E-state index is 12.4. The van der Waals surface area contributed by atoms with Crippen LogP contribution in [0.25, 0.3) is 0 Å². The first-order chi connectivity index (χ1) is 11.6. The maximum Gasteiger partial charge on any atom is 0.222 e. The van der Waals surface area contributed by atoms with E-state index in [1.54, 1.807) is 6.07 Å². The lowest BCUT2D eigenvalue weighted by Crippen LogP contribution is -2.31. The molecule has 1 atom stereocenters. The molecule has 0 aromatic heterocycles. The summed E-state index contributed by atoms with van der Waals surface area (Å²) < 4.78 is 0. The summed E-state index contributed by atoms with van der Waals surface area (Å²) in [6.07, 6.45) is 2.09. The molecule has 1 aliphatic heterocycles. The van der Waals surface area contributed by atoms with E-state index in [-0.39, 0.29) is 5.91 Å². The molecule has 0 saturated carbocycles. The highest BCUT2D eigenvalue weighted by Crippen LogP contribution is 2.23. The Morgan fingerprint density at radius 1 is 1.17 bits per heavy atom. The molecule has 3 rings (SSSR count). The second kappa shape index (κ2) is 7.91. The zero-order valence-electron chi connectivity index (χ0n) is 13.3. The molecule has 0 spiro atoms. The topological polar surface area (TPSA) is 32.3 Å². The number of carbonyl (C=O) groups is 1. The van der Waals surface area contributed by atoms with E-state index in [1.165, 1.54) is 0 Å². The first-order valence-corrected chi connectivity index (χ1v) is 8.91. The number of nitrogens with zero attached hydrogens (tertiary/aromatic N) is 1. The quantitative estimate of drug-likeness (QED) is 0.840. The highest BCUT2D eigenvalue weighted by molar-refractivity contribution is 6.35. The Hall–Kier alpha value is -1.71. The minimum absolute atomic E-state index is 0.179. The number of aryl methyl sites for hydroxylation is 1. The molecule has 1 aliphatic rings. The van der Waals surface area contributed by atoms with Gasteiger partial charge in [-0.15, -0.1) is 0 Å². The van der Waals surface area contributed by atoms with Crippen LogP contribution in [0.2, 0.25) is 10.0 Å². The van der Waals surface area contributed by atoms with Crippen LogP contribution in [0, 0.1) is 0 Å². The number of likely N-dealkylation sites (tertiary alicyclic amines) is 1. The zero-order chi connectivity index (χ0) is 16.9. The summed E-state index contributed by atoms with van der Waals surface area (Å²) in [4.78, 5) is 14.4. The Bertz CT molecular complexity index is 706. The molecule has 2 aromatic rings. The molecule has 1 fully saturated rings. The summed E-state index contributed by atoms with van der Waals surface area (Å²) in [5, 5.41) is 4.73. The van der Waals surface area contributed by atoms with Crippen LogP contribution >= 0.6 is 23.2 Å². The van der Waals surface area contributed by atoms with Crippen molar-refractivity contribution in [1.82, 2.24) is 4.90 Å². The fourth-order valence-corrected chi connectivity index (χ4v) is 3.50. The minimum atomic E-state index is 0.179. The summed E-state index contributed by atoms with van der Waals surface area (Å²) in [6.45, 7) is 1.56. The van der Waals surface area contributed by atoms with Gasteiger partial charge in [-0.1, -0.05) is 47.5 Å². The lowest BCUT2D eigenvalue weighted by molar-refractivity contribution is -0.130. The van der Waals surface area contributed by atoms with E-state index in [4.69, 9.17) is 23.2 Å². The van der Waals surface area contributed by atoms with E-state index in [1.807, 2.05) is 47.4 Å². The van der Waals surface area contributed by atoms with Gasteiger partial charge in [0.05, 0.1) is 0 Å². The van der Waals surface area contributed by atoms with Gasteiger partial charge in [0.2, 0.25) is 5.91 Å². The second-order valence-electron chi connectivity index (χ2n) is 6.07. The monoisotopic (exact) mass is 362 g/mol. The number of hydrogen-bond acceptors (Lipinski definition) is 2. The highest BCUT2D eigenvalue weighted by Gasteiger charge is 2.25. The highest BCUT2D eigenvalue weighted by atomic mass is 35.5. The summed E-state index contributed by atoms with van der Waals surface area (Å²) in [5.74, 6) is 0.179. The number of halogens is 2. The fourth-order valence-electron chi connectivity index (χ4n) is 3.00. The fraction of sp³-hybridized carbons (Fsp3) is 0.316. The maximum absolute atomic E-state index is 12.4. The van der Waals surface area contributed by atoms with Crippen LogP contribution in [-0.4, -0.2) is 29.9 Å². The third kappa shape index (κ3) is 4.43. The predicted molar refractivity (Wildman–Crippen MR) is 99.8 cm³/mol. The summed E-state index contributed by atoms with van der Waals surface area (Å²) >= 11 is 12.1. The Balaban J connectivity index is 1.49. The van der Waals surface area contributed by atoms with Gasteiger partial charge in [0.25, 0.3) is 0 Å². The number of benzene rings is 2. The number of nitrogens with one attached hydrogen (secondary N) is 1. The van der Waals surface area contributed by atoms with Crippen LogP contribution in [0.15, 0.2) is 48.5 Å². The number of anilines is 1. The van der Waals surface area contributed by atoms with Crippen LogP contribution < -0.4 is 5.32 Å². The molecule has 1 amide bonds. The molecule has 24 heavy (non-hydrogen) atoms. The van der Waals surface area contributed by atoms with Crippen molar-refractivity contribution in [2.24, 2.45) is 0 Å². The van der Waals surface area contributed by atoms with E-state index in [0.29, 0.717) is 28.9 Å². The first-order valence-electron chi connectivity index (χ1n) is 8.15. The predicted octanol–water partition coefficient (Wildman–Crippen LogP) is 4.64. The van der Waals surface area contributed by atoms with Gasteiger partial charge in [-0.3, -0.25) is 4.79 Å². The Morgan fingerprint density at radius 2 is 1.96 bits per heavy atom. The lowest BCUT2D eigenvalue weighted by atomic mass is 10.1. The van der Waals surface area contributed by atoms with Gasteiger partial charge in [-0.05, 0) is 42.7 Å². The van der Waals surface area contributed by atoms with E-state index in [9.17, 15) is 4.79 Å². The number of para-hydroxylation sites is 1. The molecule has 126 valence electrons. The Labute approximate surface area is 152 Å². The number of hydrogen-bond donors (Lipinski definition) is 1. The normalized spacial score (nSPS) is 17.1. The molecule has 1 saturated heterocycles. The molecule has 2 aromatic carbocycles. The van der Waals surface area contributed by atoms with Crippen molar-refractivity contribution in [1.29, 1.82) is 0 Å². The molecule has 5 heteroatoms. The van der Waals surface area contributed by atoms with Crippen molar-refractivity contribution in [2.45, 2.75) is 25.3 Å². The van der Waals surface area contributed by atoms with Gasteiger partial charge in [0, 0.05) is 41.3 Å². The van der Waals surface area contributed by atoms with Crippen molar-refractivity contribution < 1.29 is 4.79 Å².